The molecule has 0 aliphatic rings. The van der Waals surface area contributed by atoms with E-state index < -0.39 is 0 Å². The summed E-state index contributed by atoms with van der Waals surface area (Å²) in [5.74, 6) is 0. The molecule has 0 aromatic rings. The summed E-state index contributed by atoms with van der Waals surface area (Å²) in [6.07, 6.45) is 2.63. The normalized spacial score (nSPS) is 13.0. The van der Waals surface area contributed by atoms with E-state index in [1.807, 2.05) is 0 Å². The molecule has 0 aromatic heterocycles. The molecule has 0 rings (SSSR count). The molecule has 0 spiro atoms. The van der Waals surface area contributed by atoms with Gasteiger partial charge in [-0.1, -0.05) is 13.8 Å². The van der Waals surface area contributed by atoms with Gasteiger partial charge in [0.2, 0.25) is 0 Å². The van der Waals surface area contributed by atoms with Gasteiger partial charge in [0.1, 0.15) is 0 Å². The Morgan fingerprint density at radius 3 is 1.50 bits per heavy atom. The van der Waals surface area contributed by atoms with E-state index in [0.29, 0.717) is 0 Å². The van der Waals surface area contributed by atoms with Crippen molar-refractivity contribution in [1.82, 2.24) is 0 Å². The molecule has 0 atom stereocenters. The van der Waals surface area contributed by atoms with Crippen molar-refractivity contribution in [3.63, 3.8) is 0 Å². The summed E-state index contributed by atoms with van der Waals surface area (Å²) in [6, 6.07) is 0. The van der Waals surface area contributed by atoms with Crippen LogP contribution in [0.15, 0.2) is 0 Å². The highest BCUT2D eigenvalue weighted by Gasteiger charge is 1.76. The Morgan fingerprint density at radius 1 is 1.00 bits per heavy atom. The lowest BCUT2D eigenvalue weighted by Gasteiger charge is -1.84. The maximum atomic E-state index is 2.21. The van der Waals surface area contributed by atoms with Crippen molar-refractivity contribution in [2.75, 3.05) is 12.3 Å². The first-order valence-corrected chi connectivity index (χ1v) is 5.11. The van der Waals surface area contributed by atoms with E-state index in [9.17, 15) is 0 Å². The lowest BCUT2D eigenvalue weighted by Crippen LogP contribution is -1.52. The van der Waals surface area contributed by atoms with Crippen molar-refractivity contribution in [3.05, 3.63) is 0 Å². The molecule has 0 aromatic carbocycles. The van der Waals surface area contributed by atoms with E-state index in [1.54, 1.807) is 16.5 Å². The average molecular weight is 120 g/mol. The molecule has 0 saturated heterocycles. The highest BCUT2D eigenvalue weighted by atomic mass is 32.0. The maximum absolute atomic E-state index is 2.21. The second-order valence-corrected chi connectivity index (χ2v) is 4.44. The minimum atomic E-state index is 1.31. The van der Waals surface area contributed by atoms with Crippen LogP contribution in [0.5, 0.6) is 0 Å². The van der Waals surface area contributed by atoms with Crippen LogP contribution < -0.4 is 0 Å². The second kappa shape index (κ2) is 5.86. The number of rotatable bonds is 3. The third kappa shape index (κ3) is 4.86. The molecule has 0 unspecified atom stereocenters. The van der Waals surface area contributed by atoms with E-state index in [1.165, 1.54) is 12.3 Å². The summed E-state index contributed by atoms with van der Waals surface area (Å²) in [4.78, 5) is 0. The van der Waals surface area contributed by atoms with Gasteiger partial charge < -0.3 is 0 Å². The summed E-state index contributed by atoms with van der Waals surface area (Å²) in [7, 11) is 3.17. The summed E-state index contributed by atoms with van der Waals surface area (Å²) in [6.45, 7) is 4.43. The van der Waals surface area contributed by atoms with Crippen molar-refractivity contribution in [3.8, 4) is 0 Å². The summed E-state index contributed by atoms with van der Waals surface area (Å²) in [5.41, 5.74) is 0. The Bertz CT molecular complexity index is 17.5. The standard InChI is InChI=1S/C4H10P2/c1-3-5-6-4-2/h3-4H2,1-2H3. The van der Waals surface area contributed by atoms with Crippen LogP contribution in [0.4, 0.5) is 0 Å². The Morgan fingerprint density at radius 2 is 1.33 bits per heavy atom. The smallest absolute Gasteiger partial charge is 0.0270 e. The van der Waals surface area contributed by atoms with Gasteiger partial charge in [0.25, 0.3) is 0 Å². The van der Waals surface area contributed by atoms with Crippen LogP contribution in [0.3, 0.4) is 0 Å². The van der Waals surface area contributed by atoms with Crippen molar-refractivity contribution in [2.24, 2.45) is 0 Å². The van der Waals surface area contributed by atoms with Crippen LogP contribution in [0.1, 0.15) is 13.8 Å². The van der Waals surface area contributed by atoms with Crippen LogP contribution in [-0.2, 0) is 0 Å². The van der Waals surface area contributed by atoms with Gasteiger partial charge >= 0.3 is 0 Å². The fraction of sp³-hybridized carbons (Fsp3) is 1.00. The third-order valence-electron chi connectivity index (χ3n) is 0.383. The molecule has 0 fully saturated rings. The molecule has 2 heteroatoms. The topological polar surface area (TPSA) is 0 Å². The number of hydrogen-bond acceptors (Lipinski definition) is 0. The first kappa shape index (κ1) is 6.86. The first-order chi connectivity index (χ1) is 2.91. The van der Waals surface area contributed by atoms with E-state index in [4.69, 9.17) is 0 Å². The van der Waals surface area contributed by atoms with Crippen molar-refractivity contribution in [2.45, 2.75) is 13.8 Å². The number of hydrogen-bond donors (Lipinski definition) is 0. The highest BCUT2D eigenvalue weighted by Crippen LogP contribution is 2.34. The Kier molecular flexibility index (Phi) is 6.70. The van der Waals surface area contributed by atoms with Crippen molar-refractivity contribution >= 4 is 16.5 Å². The SMILES string of the molecule is CC[P][P]CC. The van der Waals surface area contributed by atoms with Gasteiger partial charge in [0.05, 0.1) is 0 Å². The van der Waals surface area contributed by atoms with Crippen LogP contribution in [-0.4, -0.2) is 12.3 Å². The van der Waals surface area contributed by atoms with Crippen molar-refractivity contribution < 1.29 is 0 Å². The molecule has 0 aliphatic carbocycles. The zero-order valence-corrected chi connectivity index (χ0v) is 6.10. The molecule has 6 heavy (non-hydrogen) atoms. The summed E-state index contributed by atoms with van der Waals surface area (Å²) < 4.78 is 0. The minimum absolute atomic E-state index is 1.31. The molecule has 2 radical (unpaired) electrons. The Hall–Kier alpha value is 0.860. The van der Waals surface area contributed by atoms with Crippen LogP contribution in [0, 0.1) is 0 Å². The van der Waals surface area contributed by atoms with E-state index in [2.05, 4.69) is 13.8 Å². The monoisotopic (exact) mass is 120 g/mol. The van der Waals surface area contributed by atoms with Crippen LogP contribution in [0.2, 0.25) is 0 Å². The molecule has 0 heterocycles. The maximum Gasteiger partial charge on any atom is -0.0270 e. The van der Waals surface area contributed by atoms with Gasteiger partial charge in [-0.15, -0.1) is 0 Å². The Balaban J connectivity index is 2.34. The highest BCUT2D eigenvalue weighted by molar-refractivity contribution is 8.11. The lowest BCUT2D eigenvalue weighted by molar-refractivity contribution is 1.51. The first-order valence-electron chi connectivity index (χ1n) is 2.25. The molecule has 36 valence electrons. The average Bonchev–Trinajstić information content (AvgIpc) is 1.61. The van der Waals surface area contributed by atoms with Gasteiger partial charge in [0.15, 0.2) is 0 Å². The second-order valence-electron chi connectivity index (χ2n) is 0.915. The lowest BCUT2D eigenvalue weighted by atomic mass is 11.0. The van der Waals surface area contributed by atoms with Gasteiger partial charge in [-0.3, -0.25) is 0 Å². The molecular formula is C4H10P2. The third-order valence-corrected chi connectivity index (χ3v) is 3.45. The summed E-state index contributed by atoms with van der Waals surface area (Å²) in [5, 5.41) is 0. The summed E-state index contributed by atoms with van der Waals surface area (Å²) >= 11 is 0. The van der Waals surface area contributed by atoms with Gasteiger partial charge in [-0.05, 0) is 28.9 Å². The molecule has 0 nitrogen and oxygen atoms in total. The van der Waals surface area contributed by atoms with E-state index in [0.717, 1.165) is 0 Å². The molecule has 0 saturated carbocycles. The minimum Gasteiger partial charge on any atom is -0.0607 e. The predicted molar refractivity (Wildman–Crippen MR) is 34.9 cm³/mol. The largest absolute Gasteiger partial charge is 0.0607 e. The van der Waals surface area contributed by atoms with Crippen molar-refractivity contribution in [1.29, 1.82) is 0 Å². The van der Waals surface area contributed by atoms with Crippen LogP contribution >= 0.6 is 16.5 Å². The molecule has 0 bridgehead atoms. The molecular weight excluding hydrogens is 110 g/mol. The van der Waals surface area contributed by atoms with E-state index in [-0.39, 0.29) is 0 Å². The zero-order valence-electron chi connectivity index (χ0n) is 4.31. The quantitative estimate of drug-likeness (QED) is 0.396. The molecule has 0 amide bonds. The van der Waals surface area contributed by atoms with Gasteiger partial charge in [0, 0.05) is 0 Å². The molecule has 0 aliphatic heterocycles. The van der Waals surface area contributed by atoms with E-state index >= 15 is 0 Å². The van der Waals surface area contributed by atoms with Crippen LogP contribution in [0.25, 0.3) is 0 Å². The Labute approximate surface area is 43.6 Å². The fourth-order valence-electron chi connectivity index (χ4n) is 0.200. The van der Waals surface area contributed by atoms with Gasteiger partial charge in [-0.25, -0.2) is 0 Å². The fourth-order valence-corrected chi connectivity index (χ4v) is 1.80. The zero-order chi connectivity index (χ0) is 4.83. The molecule has 0 N–H and O–H groups in total. The van der Waals surface area contributed by atoms with Gasteiger partial charge in [-0.2, -0.15) is 0 Å². The predicted octanol–water partition coefficient (Wildman–Crippen LogP) is 2.83.